The van der Waals surface area contributed by atoms with Gasteiger partial charge in [0.15, 0.2) is 5.82 Å². The molecule has 0 aliphatic carbocycles. The summed E-state index contributed by atoms with van der Waals surface area (Å²) in [4.78, 5) is 28.4. The van der Waals surface area contributed by atoms with Crippen LogP contribution in [0.1, 0.15) is 43.4 Å². The van der Waals surface area contributed by atoms with Gasteiger partial charge < -0.3 is 4.98 Å². The van der Waals surface area contributed by atoms with Crippen molar-refractivity contribution in [3.05, 3.63) is 91.0 Å². The molecule has 0 aliphatic rings. The third kappa shape index (κ3) is 4.46. The van der Waals surface area contributed by atoms with E-state index in [0.717, 1.165) is 11.1 Å². The van der Waals surface area contributed by atoms with E-state index < -0.39 is 5.76 Å². The molecule has 1 aromatic carbocycles. The van der Waals surface area contributed by atoms with Gasteiger partial charge in [-0.05, 0) is 28.7 Å². The molecule has 0 fully saturated rings. The fourth-order valence-electron chi connectivity index (χ4n) is 2.69. The number of hydrogen-bond acceptors (Lipinski definition) is 4. The van der Waals surface area contributed by atoms with Gasteiger partial charge in [-0.15, -0.1) is 0 Å². The van der Waals surface area contributed by atoms with Crippen LogP contribution in [-0.2, 0) is 11.8 Å². The van der Waals surface area contributed by atoms with Crippen molar-refractivity contribution < 1.29 is 4.52 Å². The molecule has 3 rings (SSSR count). The van der Waals surface area contributed by atoms with Crippen molar-refractivity contribution in [2.24, 2.45) is 0 Å². The van der Waals surface area contributed by atoms with Crippen molar-refractivity contribution in [2.75, 3.05) is 0 Å². The lowest BCUT2D eigenvalue weighted by molar-refractivity contribution is 0.382. The zero-order valence-electron chi connectivity index (χ0n) is 15.3. The van der Waals surface area contributed by atoms with Crippen molar-refractivity contribution >= 4 is 17.2 Å². The molecule has 7 heteroatoms. The van der Waals surface area contributed by atoms with Gasteiger partial charge in [-0.2, -0.15) is 0 Å². The molecule has 0 bridgehead atoms. The van der Waals surface area contributed by atoms with E-state index in [-0.39, 0.29) is 16.0 Å². The van der Waals surface area contributed by atoms with Crippen LogP contribution in [0.25, 0.3) is 5.57 Å². The van der Waals surface area contributed by atoms with Gasteiger partial charge in [-0.25, -0.2) is 4.79 Å². The fourth-order valence-corrected chi connectivity index (χ4v) is 2.80. The molecule has 2 heterocycles. The van der Waals surface area contributed by atoms with E-state index in [1.165, 1.54) is 5.56 Å². The highest BCUT2D eigenvalue weighted by Gasteiger charge is 2.14. The van der Waals surface area contributed by atoms with Crippen LogP contribution in [0.4, 0.5) is 0 Å². The molecular weight excluding hydrogens is 366 g/mol. The number of rotatable bonds is 4. The summed E-state index contributed by atoms with van der Waals surface area (Å²) in [5, 5.41) is 3.80. The lowest BCUT2D eigenvalue weighted by atomic mass is 9.86. The molecular formula is C20H20ClN3O3. The largest absolute Gasteiger partial charge is 0.438 e. The maximum Gasteiger partial charge on any atom is 0.438 e. The monoisotopic (exact) mass is 385 g/mol. The maximum absolute atomic E-state index is 11.9. The Morgan fingerprint density at radius 3 is 2.37 bits per heavy atom. The number of pyridine rings is 1. The Kier molecular flexibility index (Phi) is 5.19. The predicted octanol–water partition coefficient (Wildman–Crippen LogP) is 3.68. The first-order valence-electron chi connectivity index (χ1n) is 8.49. The average Bonchev–Trinajstić information content (AvgIpc) is 3.03. The van der Waals surface area contributed by atoms with Gasteiger partial charge in [0.2, 0.25) is 0 Å². The Hall–Kier alpha value is -2.86. The quantitative estimate of drug-likeness (QED) is 0.716. The number of nitrogens with one attached hydrogen (secondary N) is 2. The molecule has 0 spiro atoms. The van der Waals surface area contributed by atoms with Gasteiger partial charge >= 0.3 is 5.76 Å². The van der Waals surface area contributed by atoms with E-state index in [0.29, 0.717) is 17.9 Å². The standard InChI is InChI=1S/C20H20ClN3O3/c1-20(2,3)13-6-4-12(5-7-13)14(8-11-17-23-19(26)27-24-17)16-10-9-15(21)18(25)22-16/h4-10H,11H2,1-3H3,(H,22,25)(H,23,24,26)/b14-8+. The van der Waals surface area contributed by atoms with Gasteiger partial charge in [0.25, 0.3) is 5.56 Å². The number of nitrogens with zero attached hydrogens (tertiary/aromatic N) is 1. The summed E-state index contributed by atoms with van der Waals surface area (Å²) in [6.07, 6.45) is 2.21. The second-order valence-electron chi connectivity index (χ2n) is 7.24. The average molecular weight is 386 g/mol. The number of halogens is 1. The van der Waals surface area contributed by atoms with Crippen LogP contribution in [0.5, 0.6) is 0 Å². The first-order valence-corrected chi connectivity index (χ1v) is 8.87. The Balaban J connectivity index is 2.04. The van der Waals surface area contributed by atoms with E-state index in [9.17, 15) is 9.59 Å². The van der Waals surface area contributed by atoms with Crippen molar-refractivity contribution in [3.63, 3.8) is 0 Å². The fraction of sp³-hybridized carbons (Fsp3) is 0.250. The Morgan fingerprint density at radius 2 is 1.81 bits per heavy atom. The third-order valence-corrected chi connectivity index (χ3v) is 4.50. The van der Waals surface area contributed by atoms with E-state index >= 15 is 0 Å². The highest BCUT2D eigenvalue weighted by molar-refractivity contribution is 6.30. The molecule has 27 heavy (non-hydrogen) atoms. The van der Waals surface area contributed by atoms with Gasteiger partial charge in [-0.3, -0.25) is 14.3 Å². The minimum absolute atomic E-state index is 0.0389. The summed E-state index contributed by atoms with van der Waals surface area (Å²) < 4.78 is 4.53. The number of hydrogen-bond donors (Lipinski definition) is 2. The van der Waals surface area contributed by atoms with Crippen LogP contribution < -0.4 is 11.3 Å². The number of benzene rings is 1. The summed E-state index contributed by atoms with van der Waals surface area (Å²) in [6.45, 7) is 6.45. The summed E-state index contributed by atoms with van der Waals surface area (Å²) >= 11 is 5.85. The van der Waals surface area contributed by atoms with Gasteiger partial charge in [0.05, 0.1) is 0 Å². The van der Waals surface area contributed by atoms with E-state index in [4.69, 9.17) is 11.6 Å². The zero-order chi connectivity index (χ0) is 19.6. The van der Waals surface area contributed by atoms with Crippen LogP contribution in [0.2, 0.25) is 5.02 Å². The van der Waals surface area contributed by atoms with Gasteiger partial charge in [0.1, 0.15) is 5.02 Å². The Morgan fingerprint density at radius 1 is 1.11 bits per heavy atom. The summed E-state index contributed by atoms with van der Waals surface area (Å²) in [5.74, 6) is -0.200. The smallest absolute Gasteiger partial charge is 0.321 e. The zero-order valence-corrected chi connectivity index (χ0v) is 16.1. The molecule has 6 nitrogen and oxygen atoms in total. The molecule has 0 aliphatic heterocycles. The minimum Gasteiger partial charge on any atom is -0.321 e. The van der Waals surface area contributed by atoms with Crippen LogP contribution in [0.3, 0.4) is 0 Å². The molecule has 0 saturated carbocycles. The minimum atomic E-state index is -0.602. The highest BCUT2D eigenvalue weighted by atomic mass is 35.5. The molecule has 0 unspecified atom stereocenters. The number of aromatic nitrogens is 3. The molecule has 0 atom stereocenters. The van der Waals surface area contributed by atoms with Crippen molar-refractivity contribution in [2.45, 2.75) is 32.6 Å². The lowest BCUT2D eigenvalue weighted by Gasteiger charge is -2.19. The number of H-pyrrole nitrogens is 2. The summed E-state index contributed by atoms with van der Waals surface area (Å²) in [5.41, 5.74) is 3.23. The van der Waals surface area contributed by atoms with Crippen LogP contribution >= 0.6 is 11.6 Å². The predicted molar refractivity (Wildman–Crippen MR) is 105 cm³/mol. The Bertz CT molecular complexity index is 1080. The van der Waals surface area contributed by atoms with Crippen LogP contribution in [0.15, 0.2) is 56.6 Å². The molecule has 140 valence electrons. The number of aromatic amines is 2. The number of allylic oxidation sites excluding steroid dienone is 1. The van der Waals surface area contributed by atoms with Crippen molar-refractivity contribution in [1.82, 2.24) is 15.1 Å². The Labute approximate surface area is 160 Å². The first-order chi connectivity index (χ1) is 12.7. The van der Waals surface area contributed by atoms with Crippen molar-refractivity contribution in [3.8, 4) is 0 Å². The second kappa shape index (κ2) is 7.40. The lowest BCUT2D eigenvalue weighted by Crippen LogP contribution is -2.11. The van der Waals surface area contributed by atoms with E-state index in [1.54, 1.807) is 12.1 Å². The second-order valence-corrected chi connectivity index (χ2v) is 7.65. The van der Waals surface area contributed by atoms with Gasteiger partial charge in [-0.1, -0.05) is 67.9 Å². The topological polar surface area (TPSA) is 91.8 Å². The molecule has 0 amide bonds. The molecule has 0 saturated heterocycles. The highest BCUT2D eigenvalue weighted by Crippen LogP contribution is 2.27. The third-order valence-electron chi connectivity index (χ3n) is 4.20. The van der Waals surface area contributed by atoms with Crippen LogP contribution in [0, 0.1) is 0 Å². The normalized spacial score (nSPS) is 12.4. The molecule has 0 radical (unpaired) electrons. The van der Waals surface area contributed by atoms with Crippen LogP contribution in [-0.4, -0.2) is 15.1 Å². The summed E-state index contributed by atoms with van der Waals surface area (Å²) in [6, 6.07) is 11.4. The molecule has 2 N–H and O–H groups in total. The first kappa shape index (κ1) is 18.9. The SMILES string of the molecule is CC(C)(C)c1ccc(/C(=C\Cc2noc(=O)[nH]2)c2ccc(Cl)c(=O)[nH]2)cc1. The van der Waals surface area contributed by atoms with E-state index in [2.05, 4.69) is 52.6 Å². The summed E-state index contributed by atoms with van der Waals surface area (Å²) in [7, 11) is 0. The van der Waals surface area contributed by atoms with E-state index in [1.807, 2.05) is 18.2 Å². The molecule has 3 aromatic rings. The van der Waals surface area contributed by atoms with Gasteiger partial charge in [0, 0.05) is 17.7 Å². The maximum atomic E-state index is 11.9. The van der Waals surface area contributed by atoms with Crippen molar-refractivity contribution in [1.29, 1.82) is 0 Å². The molecule has 2 aromatic heterocycles.